The second-order valence-corrected chi connectivity index (χ2v) is 7.00. The van der Waals surface area contributed by atoms with Gasteiger partial charge in [0.25, 0.3) is 5.56 Å². The standard InChI is InChI=1S/C19H18N4O3S/c1-26-15-5-3-13(4-6-15)16-11-27-18-17(16)19(25)22(12-20-18)9-14(24)10-23-8-2-7-21-23/h2-8,11-12,14,24H,9-10H2,1H3. The molecule has 3 aromatic heterocycles. The summed E-state index contributed by atoms with van der Waals surface area (Å²) >= 11 is 1.43. The van der Waals surface area contributed by atoms with E-state index >= 15 is 0 Å². The van der Waals surface area contributed by atoms with Crippen LogP contribution in [0.1, 0.15) is 0 Å². The number of aliphatic hydroxyl groups is 1. The van der Waals surface area contributed by atoms with E-state index in [2.05, 4.69) is 10.1 Å². The number of hydrogen-bond donors (Lipinski definition) is 1. The van der Waals surface area contributed by atoms with Gasteiger partial charge < -0.3 is 9.84 Å². The minimum atomic E-state index is -0.745. The molecule has 8 heteroatoms. The second kappa shape index (κ2) is 7.34. The predicted octanol–water partition coefficient (Wildman–Crippen LogP) is 2.39. The largest absolute Gasteiger partial charge is 0.497 e. The van der Waals surface area contributed by atoms with Crippen LogP contribution in [0.5, 0.6) is 5.75 Å². The number of nitrogens with zero attached hydrogens (tertiary/aromatic N) is 4. The highest BCUT2D eigenvalue weighted by Crippen LogP contribution is 2.31. The van der Waals surface area contributed by atoms with Crippen LogP contribution in [0.4, 0.5) is 0 Å². The van der Waals surface area contributed by atoms with Gasteiger partial charge >= 0.3 is 0 Å². The number of thiophene rings is 1. The molecule has 3 heterocycles. The Morgan fingerprint density at radius 2 is 2.07 bits per heavy atom. The second-order valence-electron chi connectivity index (χ2n) is 6.14. The number of ether oxygens (including phenoxy) is 1. The minimum Gasteiger partial charge on any atom is -0.497 e. The maximum atomic E-state index is 13.0. The lowest BCUT2D eigenvalue weighted by molar-refractivity contribution is 0.129. The van der Waals surface area contributed by atoms with Crippen LogP contribution in [0.3, 0.4) is 0 Å². The van der Waals surface area contributed by atoms with E-state index in [0.29, 0.717) is 16.8 Å². The third kappa shape index (κ3) is 3.49. The lowest BCUT2D eigenvalue weighted by Crippen LogP contribution is -2.29. The van der Waals surface area contributed by atoms with Crippen molar-refractivity contribution < 1.29 is 9.84 Å². The van der Waals surface area contributed by atoms with Crippen molar-refractivity contribution in [1.29, 1.82) is 0 Å². The number of rotatable bonds is 6. The van der Waals surface area contributed by atoms with Crippen LogP contribution in [-0.2, 0) is 13.1 Å². The quantitative estimate of drug-likeness (QED) is 0.554. The Morgan fingerprint density at radius 1 is 1.26 bits per heavy atom. The van der Waals surface area contributed by atoms with Crippen molar-refractivity contribution in [2.75, 3.05) is 7.11 Å². The molecule has 0 saturated carbocycles. The first-order valence-electron chi connectivity index (χ1n) is 8.42. The topological polar surface area (TPSA) is 82.2 Å². The zero-order valence-electron chi connectivity index (χ0n) is 14.6. The summed E-state index contributed by atoms with van der Waals surface area (Å²) in [6.45, 7) is 0.464. The van der Waals surface area contributed by atoms with Gasteiger partial charge in [0.15, 0.2) is 0 Å². The molecular weight excluding hydrogens is 364 g/mol. The highest BCUT2D eigenvalue weighted by molar-refractivity contribution is 7.17. The van der Waals surface area contributed by atoms with Crippen LogP contribution in [0, 0.1) is 0 Å². The molecule has 1 N–H and O–H groups in total. The summed E-state index contributed by atoms with van der Waals surface area (Å²) in [6.07, 6.45) is 4.17. The Balaban J connectivity index is 1.67. The number of aromatic nitrogens is 4. The summed E-state index contributed by atoms with van der Waals surface area (Å²) in [4.78, 5) is 18.1. The highest BCUT2D eigenvalue weighted by Gasteiger charge is 2.15. The molecule has 27 heavy (non-hydrogen) atoms. The van der Waals surface area contributed by atoms with E-state index < -0.39 is 6.10 Å². The molecule has 4 aromatic rings. The highest BCUT2D eigenvalue weighted by atomic mass is 32.1. The summed E-state index contributed by atoms with van der Waals surface area (Å²) in [5.41, 5.74) is 1.61. The Hall–Kier alpha value is -2.97. The molecule has 0 aliphatic heterocycles. The predicted molar refractivity (Wildman–Crippen MR) is 104 cm³/mol. The maximum Gasteiger partial charge on any atom is 0.262 e. The molecule has 0 amide bonds. The number of hydrogen-bond acceptors (Lipinski definition) is 6. The van der Waals surface area contributed by atoms with Crippen molar-refractivity contribution >= 4 is 21.6 Å². The molecule has 7 nitrogen and oxygen atoms in total. The van der Waals surface area contributed by atoms with Crippen molar-refractivity contribution in [2.24, 2.45) is 0 Å². The molecule has 0 radical (unpaired) electrons. The Labute approximate surface area is 159 Å². The fourth-order valence-electron chi connectivity index (χ4n) is 2.99. The minimum absolute atomic E-state index is 0.152. The normalized spacial score (nSPS) is 12.4. The van der Waals surface area contributed by atoms with Gasteiger partial charge in [-0.1, -0.05) is 12.1 Å². The fourth-order valence-corrected chi connectivity index (χ4v) is 3.90. The molecule has 0 saturated heterocycles. The number of benzene rings is 1. The van der Waals surface area contributed by atoms with Crippen molar-refractivity contribution in [2.45, 2.75) is 19.2 Å². The smallest absolute Gasteiger partial charge is 0.262 e. The fraction of sp³-hybridized carbons (Fsp3) is 0.211. The van der Waals surface area contributed by atoms with Gasteiger partial charge in [-0.15, -0.1) is 11.3 Å². The summed E-state index contributed by atoms with van der Waals surface area (Å²) in [5.74, 6) is 0.760. The van der Waals surface area contributed by atoms with E-state index in [1.807, 2.05) is 29.6 Å². The van der Waals surface area contributed by atoms with Gasteiger partial charge in [0, 0.05) is 23.3 Å². The van der Waals surface area contributed by atoms with E-state index in [-0.39, 0.29) is 12.1 Å². The van der Waals surface area contributed by atoms with Gasteiger partial charge in [-0.3, -0.25) is 14.0 Å². The summed E-state index contributed by atoms with van der Waals surface area (Å²) in [6, 6.07) is 9.36. The van der Waals surface area contributed by atoms with Crippen LogP contribution in [0.25, 0.3) is 21.3 Å². The third-order valence-corrected chi connectivity index (χ3v) is 5.21. The van der Waals surface area contributed by atoms with Crippen LogP contribution < -0.4 is 10.3 Å². The van der Waals surface area contributed by atoms with Crippen molar-refractivity contribution in [3.63, 3.8) is 0 Å². The zero-order chi connectivity index (χ0) is 18.8. The van der Waals surface area contributed by atoms with E-state index in [9.17, 15) is 9.90 Å². The molecule has 0 aliphatic carbocycles. The molecule has 1 unspecified atom stereocenters. The number of aliphatic hydroxyl groups excluding tert-OH is 1. The Kier molecular flexibility index (Phi) is 4.74. The monoisotopic (exact) mass is 382 g/mol. The molecule has 0 aliphatic rings. The van der Waals surface area contributed by atoms with Crippen molar-refractivity contribution in [3.05, 3.63) is 64.8 Å². The first kappa shape index (κ1) is 17.4. The maximum absolute atomic E-state index is 13.0. The van der Waals surface area contributed by atoms with E-state index in [0.717, 1.165) is 16.9 Å². The number of methoxy groups -OCH3 is 1. The van der Waals surface area contributed by atoms with Crippen molar-refractivity contribution in [1.82, 2.24) is 19.3 Å². The summed E-state index contributed by atoms with van der Waals surface area (Å²) < 4.78 is 8.28. The van der Waals surface area contributed by atoms with Crippen LogP contribution >= 0.6 is 11.3 Å². The molecular formula is C19H18N4O3S. The zero-order valence-corrected chi connectivity index (χ0v) is 15.5. The lowest BCUT2D eigenvalue weighted by Gasteiger charge is -2.12. The van der Waals surface area contributed by atoms with E-state index in [4.69, 9.17) is 4.74 Å². The van der Waals surface area contributed by atoms with Gasteiger partial charge in [0.1, 0.15) is 10.6 Å². The SMILES string of the molecule is COc1ccc(-c2csc3ncn(CC(O)Cn4cccn4)c(=O)c23)cc1. The molecule has 0 spiro atoms. The van der Waals surface area contributed by atoms with Gasteiger partial charge in [-0.25, -0.2) is 4.98 Å². The van der Waals surface area contributed by atoms with E-state index in [1.165, 1.54) is 22.2 Å². The molecule has 1 aromatic carbocycles. The molecule has 0 bridgehead atoms. The van der Waals surface area contributed by atoms with Crippen LogP contribution in [-0.4, -0.2) is 37.7 Å². The van der Waals surface area contributed by atoms with Gasteiger partial charge in [-0.05, 0) is 23.8 Å². The third-order valence-electron chi connectivity index (χ3n) is 4.33. The molecule has 138 valence electrons. The van der Waals surface area contributed by atoms with Gasteiger partial charge in [0.05, 0.1) is 38.0 Å². The van der Waals surface area contributed by atoms with Gasteiger partial charge in [-0.2, -0.15) is 5.10 Å². The van der Waals surface area contributed by atoms with Crippen LogP contribution in [0.15, 0.2) is 59.2 Å². The summed E-state index contributed by atoms with van der Waals surface area (Å²) in [7, 11) is 1.62. The van der Waals surface area contributed by atoms with E-state index in [1.54, 1.807) is 30.3 Å². The molecule has 1 atom stereocenters. The lowest BCUT2D eigenvalue weighted by atomic mass is 10.1. The van der Waals surface area contributed by atoms with Crippen LogP contribution in [0.2, 0.25) is 0 Å². The molecule has 0 fully saturated rings. The Morgan fingerprint density at radius 3 is 2.78 bits per heavy atom. The first-order chi connectivity index (χ1) is 13.2. The van der Waals surface area contributed by atoms with Crippen molar-refractivity contribution in [3.8, 4) is 16.9 Å². The van der Waals surface area contributed by atoms with Gasteiger partial charge in [0.2, 0.25) is 0 Å². The average Bonchev–Trinajstić information content (AvgIpc) is 3.34. The first-order valence-corrected chi connectivity index (χ1v) is 9.30. The molecule has 4 rings (SSSR count). The Bertz CT molecular complexity index is 1100. The number of fused-ring (bicyclic) bond motifs is 1. The average molecular weight is 382 g/mol. The summed E-state index contributed by atoms with van der Waals surface area (Å²) in [5, 5.41) is 16.9.